The fourth-order valence-electron chi connectivity index (χ4n) is 1.62. The minimum atomic E-state index is -0.350. The maximum absolute atomic E-state index is 13.4. The predicted molar refractivity (Wildman–Crippen MR) is 60.4 cm³/mol. The summed E-state index contributed by atoms with van der Waals surface area (Å²) in [6.07, 6.45) is 2.79. The molecule has 1 aliphatic carbocycles. The van der Waals surface area contributed by atoms with Crippen molar-refractivity contribution in [2.24, 2.45) is 5.90 Å². The fraction of sp³-hybridized carbons (Fsp3) is 0.500. The van der Waals surface area contributed by atoms with Crippen molar-refractivity contribution in [1.82, 2.24) is 0 Å². The van der Waals surface area contributed by atoms with Gasteiger partial charge in [0.25, 0.3) is 0 Å². The summed E-state index contributed by atoms with van der Waals surface area (Å²) in [7, 11) is 1.50. The first-order valence-electron chi connectivity index (χ1n) is 5.59. The smallest absolute Gasteiger partial charge is 0.165 e. The highest BCUT2D eigenvalue weighted by atomic mass is 19.1. The molecule has 2 N–H and O–H groups in total. The third-order valence-electron chi connectivity index (χ3n) is 2.61. The van der Waals surface area contributed by atoms with E-state index in [9.17, 15) is 4.39 Å². The van der Waals surface area contributed by atoms with Crippen LogP contribution in [0, 0.1) is 5.82 Å². The molecule has 0 amide bonds. The van der Waals surface area contributed by atoms with Gasteiger partial charge < -0.3 is 14.3 Å². The molecule has 1 aliphatic rings. The molecule has 1 aromatic carbocycles. The normalized spacial score (nSPS) is 14.8. The van der Waals surface area contributed by atoms with E-state index in [1.807, 2.05) is 0 Å². The van der Waals surface area contributed by atoms with E-state index in [0.717, 1.165) is 18.4 Å². The number of rotatable bonds is 6. The SMILES string of the molecule is COc1cc(F)cc(CCON)c1OC1CC1. The highest BCUT2D eigenvalue weighted by Crippen LogP contribution is 2.37. The number of hydrogen-bond acceptors (Lipinski definition) is 4. The van der Waals surface area contributed by atoms with E-state index in [-0.39, 0.29) is 11.9 Å². The van der Waals surface area contributed by atoms with Gasteiger partial charge in [-0.3, -0.25) is 0 Å². The second-order valence-corrected chi connectivity index (χ2v) is 4.03. The van der Waals surface area contributed by atoms with Crippen LogP contribution in [0.3, 0.4) is 0 Å². The molecule has 2 rings (SSSR count). The summed E-state index contributed by atoms with van der Waals surface area (Å²) in [5.74, 6) is 5.66. The molecule has 0 aliphatic heterocycles. The lowest BCUT2D eigenvalue weighted by molar-refractivity contribution is 0.140. The summed E-state index contributed by atoms with van der Waals surface area (Å²) in [5, 5.41) is 0. The molecule has 0 radical (unpaired) electrons. The van der Waals surface area contributed by atoms with Gasteiger partial charge in [-0.15, -0.1) is 0 Å². The van der Waals surface area contributed by atoms with Crippen molar-refractivity contribution in [3.05, 3.63) is 23.5 Å². The van der Waals surface area contributed by atoms with Gasteiger partial charge in [0.1, 0.15) is 5.82 Å². The van der Waals surface area contributed by atoms with E-state index in [2.05, 4.69) is 4.84 Å². The first-order chi connectivity index (χ1) is 8.24. The second kappa shape index (κ2) is 5.33. The van der Waals surface area contributed by atoms with Crippen LogP contribution in [0.5, 0.6) is 11.5 Å². The first kappa shape index (κ1) is 12.1. The number of hydrogen-bond donors (Lipinski definition) is 1. The van der Waals surface area contributed by atoms with E-state index in [1.54, 1.807) is 0 Å². The van der Waals surface area contributed by atoms with Gasteiger partial charge in [-0.25, -0.2) is 10.3 Å². The zero-order chi connectivity index (χ0) is 12.3. The van der Waals surface area contributed by atoms with Gasteiger partial charge in [0.05, 0.1) is 19.8 Å². The Balaban J connectivity index is 2.26. The molecular formula is C12H16FNO3. The Kier molecular flexibility index (Phi) is 3.81. The van der Waals surface area contributed by atoms with Crippen molar-refractivity contribution in [1.29, 1.82) is 0 Å². The summed E-state index contributed by atoms with van der Waals surface area (Å²) < 4.78 is 24.2. The zero-order valence-corrected chi connectivity index (χ0v) is 9.74. The molecule has 0 heterocycles. The van der Waals surface area contributed by atoms with E-state index < -0.39 is 0 Å². The van der Waals surface area contributed by atoms with Crippen LogP contribution in [-0.4, -0.2) is 19.8 Å². The molecule has 4 nitrogen and oxygen atoms in total. The molecule has 0 atom stereocenters. The van der Waals surface area contributed by atoms with Gasteiger partial charge in [-0.05, 0) is 18.9 Å². The Morgan fingerprint density at radius 2 is 2.18 bits per heavy atom. The van der Waals surface area contributed by atoms with Gasteiger partial charge in [-0.2, -0.15) is 0 Å². The van der Waals surface area contributed by atoms with Gasteiger partial charge in [0, 0.05) is 18.1 Å². The minimum absolute atomic E-state index is 0.229. The maximum Gasteiger partial charge on any atom is 0.165 e. The van der Waals surface area contributed by atoms with Crippen molar-refractivity contribution in [3.8, 4) is 11.5 Å². The third kappa shape index (κ3) is 3.08. The molecule has 0 saturated heterocycles. The molecule has 1 aromatic rings. The molecular weight excluding hydrogens is 225 g/mol. The fourth-order valence-corrected chi connectivity index (χ4v) is 1.62. The molecule has 1 saturated carbocycles. The number of halogens is 1. The number of ether oxygens (including phenoxy) is 2. The van der Waals surface area contributed by atoms with E-state index in [0.29, 0.717) is 24.5 Å². The molecule has 1 fully saturated rings. The average Bonchev–Trinajstić information content (AvgIpc) is 3.12. The average molecular weight is 241 g/mol. The maximum atomic E-state index is 13.4. The molecule has 5 heteroatoms. The summed E-state index contributed by atoms with van der Waals surface area (Å²) in [6, 6.07) is 2.75. The molecule has 0 spiro atoms. The Labute approximate surface area is 99.4 Å². The molecule has 94 valence electrons. The predicted octanol–water partition coefficient (Wildman–Crippen LogP) is 1.81. The highest BCUT2D eigenvalue weighted by molar-refractivity contribution is 5.47. The van der Waals surface area contributed by atoms with Crippen molar-refractivity contribution < 1.29 is 18.7 Å². The molecule has 0 aromatic heterocycles. The lowest BCUT2D eigenvalue weighted by Crippen LogP contribution is -2.08. The van der Waals surface area contributed by atoms with Crippen LogP contribution >= 0.6 is 0 Å². The Hall–Kier alpha value is -1.33. The van der Waals surface area contributed by atoms with Gasteiger partial charge in [0.2, 0.25) is 0 Å². The minimum Gasteiger partial charge on any atom is -0.493 e. The second-order valence-electron chi connectivity index (χ2n) is 4.03. The van der Waals surface area contributed by atoms with Crippen LogP contribution in [0.4, 0.5) is 4.39 Å². The monoisotopic (exact) mass is 241 g/mol. The summed E-state index contributed by atoms with van der Waals surface area (Å²) in [6.45, 7) is 0.313. The Morgan fingerprint density at radius 1 is 1.41 bits per heavy atom. The molecule has 0 unspecified atom stereocenters. The third-order valence-corrected chi connectivity index (χ3v) is 2.61. The first-order valence-corrected chi connectivity index (χ1v) is 5.59. The van der Waals surface area contributed by atoms with Crippen LogP contribution in [0.1, 0.15) is 18.4 Å². The van der Waals surface area contributed by atoms with Gasteiger partial charge >= 0.3 is 0 Å². The number of benzene rings is 1. The van der Waals surface area contributed by atoms with Crippen LogP contribution in [0.15, 0.2) is 12.1 Å². The van der Waals surface area contributed by atoms with Crippen LogP contribution in [0.25, 0.3) is 0 Å². The topological polar surface area (TPSA) is 53.7 Å². The van der Waals surface area contributed by atoms with Crippen LogP contribution in [-0.2, 0) is 11.3 Å². The zero-order valence-electron chi connectivity index (χ0n) is 9.74. The summed E-state index contributed by atoms with van der Waals surface area (Å²) in [4.78, 5) is 4.52. The van der Waals surface area contributed by atoms with Crippen LogP contribution < -0.4 is 15.4 Å². The lowest BCUT2D eigenvalue weighted by atomic mass is 10.1. The van der Waals surface area contributed by atoms with E-state index in [1.165, 1.54) is 19.2 Å². The number of nitrogens with two attached hydrogens (primary N) is 1. The summed E-state index contributed by atoms with van der Waals surface area (Å²) in [5.41, 5.74) is 0.721. The Morgan fingerprint density at radius 3 is 2.76 bits per heavy atom. The van der Waals surface area contributed by atoms with Crippen molar-refractivity contribution >= 4 is 0 Å². The lowest BCUT2D eigenvalue weighted by Gasteiger charge is -2.14. The van der Waals surface area contributed by atoms with Crippen molar-refractivity contribution in [2.75, 3.05) is 13.7 Å². The van der Waals surface area contributed by atoms with Gasteiger partial charge in [-0.1, -0.05) is 0 Å². The van der Waals surface area contributed by atoms with Crippen molar-refractivity contribution in [3.63, 3.8) is 0 Å². The number of methoxy groups -OCH3 is 1. The summed E-state index contributed by atoms with van der Waals surface area (Å²) >= 11 is 0. The quantitative estimate of drug-likeness (QED) is 0.772. The highest BCUT2D eigenvalue weighted by Gasteiger charge is 2.26. The molecule has 0 bridgehead atoms. The van der Waals surface area contributed by atoms with Crippen LogP contribution in [0.2, 0.25) is 0 Å². The largest absolute Gasteiger partial charge is 0.493 e. The standard InChI is InChI=1S/C12H16FNO3/c1-15-11-7-9(13)6-8(4-5-16-14)12(11)17-10-2-3-10/h6-7,10H,2-5,14H2,1H3. The van der Waals surface area contributed by atoms with E-state index >= 15 is 0 Å². The van der Waals surface area contributed by atoms with E-state index in [4.69, 9.17) is 15.4 Å². The Bertz CT molecular complexity index is 394. The molecule has 17 heavy (non-hydrogen) atoms. The van der Waals surface area contributed by atoms with Gasteiger partial charge in [0.15, 0.2) is 11.5 Å². The van der Waals surface area contributed by atoms with Crippen molar-refractivity contribution in [2.45, 2.75) is 25.4 Å².